The summed E-state index contributed by atoms with van der Waals surface area (Å²) < 4.78 is 2.10. The van der Waals surface area contributed by atoms with Gasteiger partial charge in [0, 0.05) is 12.5 Å². The van der Waals surface area contributed by atoms with Gasteiger partial charge in [-0.15, -0.1) is 5.10 Å². The van der Waals surface area contributed by atoms with E-state index in [0.717, 1.165) is 25.4 Å². The van der Waals surface area contributed by atoms with Crippen molar-refractivity contribution in [2.24, 2.45) is 5.92 Å². The van der Waals surface area contributed by atoms with E-state index in [-0.39, 0.29) is 0 Å². The fourth-order valence-corrected chi connectivity index (χ4v) is 2.87. The molecule has 1 fully saturated rings. The lowest BCUT2D eigenvalue weighted by Gasteiger charge is -2.19. The Morgan fingerprint density at radius 2 is 2.38 bits per heavy atom. The van der Waals surface area contributed by atoms with Crippen LogP contribution in [-0.2, 0) is 6.54 Å². The van der Waals surface area contributed by atoms with Gasteiger partial charge in [-0.3, -0.25) is 0 Å². The Morgan fingerprint density at radius 1 is 1.50 bits per heavy atom. The number of hydrogen-bond donors (Lipinski definition) is 1. The summed E-state index contributed by atoms with van der Waals surface area (Å²) in [5.74, 6) is 1.42. The van der Waals surface area contributed by atoms with Gasteiger partial charge in [-0.25, -0.2) is 4.68 Å². The van der Waals surface area contributed by atoms with Gasteiger partial charge in [0.25, 0.3) is 0 Å². The van der Waals surface area contributed by atoms with Crippen LogP contribution in [-0.4, -0.2) is 28.6 Å². The molecule has 90 valence electrons. The normalized spacial score (nSPS) is 25.1. The highest BCUT2D eigenvalue weighted by atomic mass is 15.4. The van der Waals surface area contributed by atoms with E-state index in [2.05, 4.69) is 27.2 Å². The van der Waals surface area contributed by atoms with Gasteiger partial charge >= 0.3 is 0 Å². The highest BCUT2D eigenvalue weighted by Crippen LogP contribution is 2.38. The Labute approximate surface area is 97.4 Å². The zero-order chi connectivity index (χ0) is 11.4. The minimum atomic E-state index is 0.661. The maximum atomic E-state index is 4.19. The molecule has 1 N–H and O–H groups in total. The molecule has 1 aromatic rings. The van der Waals surface area contributed by atoms with E-state index in [1.165, 1.54) is 25.0 Å². The Balaban J connectivity index is 2.12. The molecule has 4 nitrogen and oxygen atoms in total. The van der Waals surface area contributed by atoms with Crippen molar-refractivity contribution >= 4 is 0 Å². The third-order valence-corrected chi connectivity index (χ3v) is 3.59. The number of aromatic nitrogens is 3. The van der Waals surface area contributed by atoms with Gasteiger partial charge in [0.15, 0.2) is 0 Å². The van der Waals surface area contributed by atoms with E-state index in [4.69, 9.17) is 0 Å². The standard InChI is InChI=1S/C12H22N4/c1-3-7-16-12(9-14-15-16)11-6-4-5-10(11)8-13-2/h9-11,13H,3-8H2,1-2H3. The second-order valence-corrected chi connectivity index (χ2v) is 4.74. The molecular weight excluding hydrogens is 200 g/mol. The minimum Gasteiger partial charge on any atom is -0.319 e. The Bertz CT molecular complexity index is 321. The van der Waals surface area contributed by atoms with Crippen molar-refractivity contribution in [3.63, 3.8) is 0 Å². The van der Waals surface area contributed by atoms with Crippen LogP contribution >= 0.6 is 0 Å². The molecule has 0 radical (unpaired) electrons. The molecule has 0 amide bonds. The summed E-state index contributed by atoms with van der Waals surface area (Å²) in [6, 6.07) is 0. The highest BCUT2D eigenvalue weighted by molar-refractivity contribution is 5.08. The van der Waals surface area contributed by atoms with E-state index in [1.54, 1.807) is 0 Å². The summed E-state index contributed by atoms with van der Waals surface area (Å²) in [6.07, 6.45) is 7.06. The highest BCUT2D eigenvalue weighted by Gasteiger charge is 2.30. The van der Waals surface area contributed by atoms with Crippen molar-refractivity contribution in [3.05, 3.63) is 11.9 Å². The third kappa shape index (κ3) is 2.26. The fourth-order valence-electron chi connectivity index (χ4n) is 2.87. The monoisotopic (exact) mass is 222 g/mol. The fraction of sp³-hybridized carbons (Fsp3) is 0.833. The van der Waals surface area contributed by atoms with Gasteiger partial charge < -0.3 is 5.32 Å². The Morgan fingerprint density at radius 3 is 3.12 bits per heavy atom. The van der Waals surface area contributed by atoms with E-state index in [1.807, 2.05) is 13.2 Å². The van der Waals surface area contributed by atoms with Crippen molar-refractivity contribution in [1.29, 1.82) is 0 Å². The molecule has 1 aliphatic rings. The van der Waals surface area contributed by atoms with Crippen LogP contribution in [0.4, 0.5) is 0 Å². The summed E-state index contributed by atoms with van der Waals surface area (Å²) in [5, 5.41) is 11.6. The van der Waals surface area contributed by atoms with Crippen molar-refractivity contribution < 1.29 is 0 Å². The zero-order valence-electron chi connectivity index (χ0n) is 10.3. The maximum Gasteiger partial charge on any atom is 0.0728 e. The van der Waals surface area contributed by atoms with Gasteiger partial charge in [0.1, 0.15) is 0 Å². The second-order valence-electron chi connectivity index (χ2n) is 4.74. The number of hydrogen-bond acceptors (Lipinski definition) is 3. The molecule has 0 aliphatic heterocycles. The van der Waals surface area contributed by atoms with Crippen molar-refractivity contribution in [1.82, 2.24) is 20.3 Å². The molecule has 2 unspecified atom stereocenters. The van der Waals surface area contributed by atoms with Crippen LogP contribution in [0.5, 0.6) is 0 Å². The molecule has 0 spiro atoms. The molecule has 2 rings (SSSR count). The summed E-state index contributed by atoms with van der Waals surface area (Å²) in [6.45, 7) is 4.30. The molecule has 1 saturated carbocycles. The van der Waals surface area contributed by atoms with Crippen molar-refractivity contribution in [2.75, 3.05) is 13.6 Å². The largest absolute Gasteiger partial charge is 0.319 e. The molecule has 4 heteroatoms. The van der Waals surface area contributed by atoms with E-state index >= 15 is 0 Å². The summed E-state index contributed by atoms with van der Waals surface area (Å²) in [5.41, 5.74) is 1.35. The first kappa shape index (κ1) is 11.6. The number of rotatable bonds is 5. The summed E-state index contributed by atoms with van der Waals surface area (Å²) in [4.78, 5) is 0. The van der Waals surface area contributed by atoms with Gasteiger partial charge in [-0.1, -0.05) is 18.6 Å². The lowest BCUT2D eigenvalue weighted by molar-refractivity contribution is 0.429. The average Bonchev–Trinajstić information content (AvgIpc) is 2.87. The van der Waals surface area contributed by atoms with E-state index in [9.17, 15) is 0 Å². The zero-order valence-corrected chi connectivity index (χ0v) is 10.3. The molecule has 0 aromatic carbocycles. The van der Waals surface area contributed by atoms with Gasteiger partial charge in [-0.05, 0) is 38.8 Å². The molecule has 2 atom stereocenters. The van der Waals surface area contributed by atoms with Gasteiger partial charge in [0.2, 0.25) is 0 Å². The molecule has 16 heavy (non-hydrogen) atoms. The predicted molar refractivity (Wildman–Crippen MR) is 64.3 cm³/mol. The van der Waals surface area contributed by atoms with Crippen LogP contribution in [0.1, 0.15) is 44.2 Å². The number of nitrogens with zero attached hydrogens (tertiary/aromatic N) is 3. The molecule has 1 heterocycles. The Kier molecular flexibility index (Phi) is 3.93. The van der Waals surface area contributed by atoms with Crippen LogP contribution in [0, 0.1) is 5.92 Å². The lowest BCUT2D eigenvalue weighted by atomic mass is 9.93. The second kappa shape index (κ2) is 5.43. The summed E-state index contributed by atoms with van der Waals surface area (Å²) >= 11 is 0. The number of nitrogens with one attached hydrogen (secondary N) is 1. The quantitative estimate of drug-likeness (QED) is 0.826. The molecular formula is C12H22N4. The average molecular weight is 222 g/mol. The minimum absolute atomic E-state index is 0.661. The van der Waals surface area contributed by atoms with Crippen molar-refractivity contribution in [3.8, 4) is 0 Å². The molecule has 1 aromatic heterocycles. The van der Waals surface area contributed by atoms with Crippen LogP contribution in [0.25, 0.3) is 0 Å². The van der Waals surface area contributed by atoms with Crippen LogP contribution in [0.15, 0.2) is 6.20 Å². The first-order chi connectivity index (χ1) is 7.86. The smallest absolute Gasteiger partial charge is 0.0728 e. The Hall–Kier alpha value is -0.900. The SMILES string of the molecule is CCCn1nncc1C1CCCC1CNC. The third-order valence-electron chi connectivity index (χ3n) is 3.59. The first-order valence-electron chi connectivity index (χ1n) is 6.39. The predicted octanol–water partition coefficient (Wildman–Crippen LogP) is 1.79. The summed E-state index contributed by atoms with van der Waals surface area (Å²) in [7, 11) is 2.04. The van der Waals surface area contributed by atoms with Crippen molar-refractivity contribution in [2.45, 2.75) is 45.1 Å². The number of aryl methyl sites for hydroxylation is 1. The van der Waals surface area contributed by atoms with Gasteiger partial charge in [0.05, 0.1) is 11.9 Å². The lowest BCUT2D eigenvalue weighted by Crippen LogP contribution is -2.22. The van der Waals surface area contributed by atoms with Gasteiger partial charge in [-0.2, -0.15) is 0 Å². The maximum absolute atomic E-state index is 4.19. The van der Waals surface area contributed by atoms with E-state index in [0.29, 0.717) is 5.92 Å². The van der Waals surface area contributed by atoms with Crippen LogP contribution < -0.4 is 5.32 Å². The van der Waals surface area contributed by atoms with Crippen LogP contribution in [0.2, 0.25) is 0 Å². The van der Waals surface area contributed by atoms with Crippen LogP contribution in [0.3, 0.4) is 0 Å². The molecule has 0 bridgehead atoms. The molecule has 1 aliphatic carbocycles. The topological polar surface area (TPSA) is 42.7 Å². The first-order valence-corrected chi connectivity index (χ1v) is 6.39. The molecule has 0 saturated heterocycles. The van der Waals surface area contributed by atoms with E-state index < -0.39 is 0 Å².